The molecule has 4 bridgehead atoms. The molecule has 8 rings (SSSR count). The predicted molar refractivity (Wildman–Crippen MR) is 185 cm³/mol. The second-order valence-electron chi connectivity index (χ2n) is 18.7. The zero-order chi connectivity index (χ0) is 37.6. The molecule has 4 saturated heterocycles. The Morgan fingerprint density at radius 1 is 0.615 bits per heavy atom. The highest BCUT2D eigenvalue weighted by Crippen LogP contribution is 2.71. The Hall–Kier alpha value is -1.40. The number of aliphatic hydroxyl groups excluding tert-OH is 4. The maximum atomic E-state index is 13.6. The SMILES string of the molecule is CC1(C)[C@H]2CC[C@@]13CS(=O)(=O)N(C(=O)[C@H](O)[C@@H]1CC[C@H]([C@H](O)CC[C@@H](O)[C@H]4CC[C@@H]([C@@H](O)C(=O)N5[C@H]6C[C@@H]7CC[C@@]6(CS5(=O)=O)C7(C)C)O4)O1)[C@H]3C2. The molecule has 0 unspecified atom stereocenters. The van der Waals surface area contributed by atoms with Gasteiger partial charge >= 0.3 is 0 Å². The third-order valence-corrected chi connectivity index (χ3v) is 20.1. The van der Waals surface area contributed by atoms with Crippen LogP contribution < -0.4 is 0 Å². The number of hydrogen-bond donors (Lipinski definition) is 4. The third-order valence-electron chi connectivity index (χ3n) is 16.3. The van der Waals surface area contributed by atoms with Gasteiger partial charge in [-0.25, -0.2) is 25.4 Å². The van der Waals surface area contributed by atoms with Crippen molar-refractivity contribution in [3.63, 3.8) is 0 Å². The summed E-state index contributed by atoms with van der Waals surface area (Å²) in [6.07, 6.45) is -2.99. The molecule has 0 aromatic carbocycles. The van der Waals surface area contributed by atoms with Crippen molar-refractivity contribution >= 4 is 31.9 Å². The van der Waals surface area contributed by atoms with Gasteiger partial charge < -0.3 is 29.9 Å². The molecule has 0 radical (unpaired) electrons. The largest absolute Gasteiger partial charge is 0.390 e. The number of rotatable bonds is 9. The van der Waals surface area contributed by atoms with Crippen molar-refractivity contribution in [1.29, 1.82) is 0 Å². The number of nitrogens with zero attached hydrogens (tertiary/aromatic N) is 2. The number of carbonyl (C=O) groups excluding carboxylic acids is 2. The van der Waals surface area contributed by atoms with E-state index >= 15 is 0 Å². The van der Waals surface area contributed by atoms with Crippen LogP contribution in [0.1, 0.15) is 105 Å². The number of fused-ring (bicyclic) bond motifs is 2. The maximum absolute atomic E-state index is 13.6. The molecule has 4 aliphatic carbocycles. The lowest BCUT2D eigenvalue weighted by Gasteiger charge is -2.37. The summed E-state index contributed by atoms with van der Waals surface area (Å²) in [5.74, 6) is -1.28. The Morgan fingerprint density at radius 3 is 1.31 bits per heavy atom. The van der Waals surface area contributed by atoms with Crippen LogP contribution in [0.3, 0.4) is 0 Å². The highest BCUT2D eigenvalue weighted by Gasteiger charge is 2.74. The molecule has 0 aromatic heterocycles. The van der Waals surface area contributed by atoms with Gasteiger partial charge in [-0.05, 0) is 99.7 Å². The number of hydrogen-bond acceptors (Lipinski definition) is 12. The molecule has 4 heterocycles. The molecule has 4 N–H and O–H groups in total. The molecular weight excluding hydrogens is 717 g/mol. The van der Waals surface area contributed by atoms with Crippen molar-refractivity contribution in [1.82, 2.24) is 8.61 Å². The Bertz CT molecular complexity index is 1600. The first-order valence-corrected chi connectivity index (χ1v) is 22.6. The number of amides is 2. The van der Waals surface area contributed by atoms with E-state index in [1.54, 1.807) is 0 Å². The van der Waals surface area contributed by atoms with Crippen LogP contribution in [-0.2, 0) is 39.1 Å². The highest BCUT2D eigenvalue weighted by atomic mass is 32.2. The van der Waals surface area contributed by atoms with E-state index < -0.39 is 104 Å². The maximum Gasteiger partial charge on any atom is 0.267 e. The molecule has 14 atom stereocenters. The number of carbonyl (C=O) groups is 2. The van der Waals surface area contributed by atoms with Crippen molar-refractivity contribution in [2.45, 2.75) is 166 Å². The molecule has 0 aromatic rings. The van der Waals surface area contributed by atoms with Crippen molar-refractivity contribution in [2.24, 2.45) is 33.5 Å². The van der Waals surface area contributed by atoms with Gasteiger partial charge in [-0.1, -0.05) is 27.7 Å². The summed E-state index contributed by atoms with van der Waals surface area (Å²) in [6, 6.07) is -0.936. The number of aliphatic hydroxyl groups is 4. The van der Waals surface area contributed by atoms with E-state index in [1.165, 1.54) is 0 Å². The lowest BCUT2D eigenvalue weighted by atomic mass is 9.69. The van der Waals surface area contributed by atoms with E-state index in [2.05, 4.69) is 27.7 Å². The summed E-state index contributed by atoms with van der Waals surface area (Å²) < 4.78 is 67.0. The van der Waals surface area contributed by atoms with Gasteiger partial charge in [0.1, 0.15) is 0 Å². The fourth-order valence-electron chi connectivity index (χ4n) is 12.9. The standard InChI is InChI=1S/C36H56N2O12S2/c1-33(2)19-11-13-35(33)17-51(45,46)37(27(35)15-19)31(43)29(41)25-9-7-23(49-25)21(39)5-6-22(40)24-8-10-26(50-24)30(42)32(44)38-28-16-20-12-14-36(28,34(20,3)4)18-52(38,47)48/h19-30,39-42H,5-18H2,1-4H3/t19-,20-,21+,22+,23+,24+,25-,26-,27-,28-,29+,30+,35-,36-/m0/s1. The smallest absolute Gasteiger partial charge is 0.267 e. The molecule has 294 valence electrons. The van der Waals surface area contributed by atoms with Crippen LogP contribution in [0.25, 0.3) is 0 Å². The molecule has 14 nitrogen and oxygen atoms in total. The van der Waals surface area contributed by atoms with Crippen LogP contribution in [0.15, 0.2) is 0 Å². The van der Waals surface area contributed by atoms with Gasteiger partial charge in [0.15, 0.2) is 12.2 Å². The summed E-state index contributed by atoms with van der Waals surface area (Å²) in [5.41, 5.74) is -1.46. The molecule has 8 fully saturated rings. The second kappa shape index (κ2) is 12.1. The van der Waals surface area contributed by atoms with Crippen molar-refractivity contribution in [3.05, 3.63) is 0 Å². The van der Waals surface area contributed by atoms with Gasteiger partial charge in [-0.2, -0.15) is 0 Å². The van der Waals surface area contributed by atoms with E-state index in [9.17, 15) is 46.9 Å². The van der Waals surface area contributed by atoms with Gasteiger partial charge in [0.2, 0.25) is 20.0 Å². The minimum atomic E-state index is -3.91. The fourth-order valence-corrected chi connectivity index (χ4v) is 18.0. The van der Waals surface area contributed by atoms with Gasteiger partial charge in [0.25, 0.3) is 11.8 Å². The van der Waals surface area contributed by atoms with Crippen LogP contribution >= 0.6 is 0 Å². The minimum Gasteiger partial charge on any atom is -0.390 e. The molecule has 8 aliphatic rings. The monoisotopic (exact) mass is 772 g/mol. The molecule has 4 aliphatic heterocycles. The van der Waals surface area contributed by atoms with Crippen LogP contribution in [0.5, 0.6) is 0 Å². The first-order chi connectivity index (χ1) is 24.2. The first kappa shape index (κ1) is 37.5. The van der Waals surface area contributed by atoms with E-state index in [0.29, 0.717) is 37.5 Å². The second-order valence-corrected chi connectivity index (χ2v) is 22.4. The summed E-state index contributed by atoms with van der Waals surface area (Å²) in [6.45, 7) is 8.36. The lowest BCUT2D eigenvalue weighted by Crippen LogP contribution is -2.51. The summed E-state index contributed by atoms with van der Waals surface area (Å²) in [7, 11) is -7.82. The molecule has 52 heavy (non-hydrogen) atoms. The van der Waals surface area contributed by atoms with Crippen LogP contribution in [0, 0.1) is 33.5 Å². The normalized spacial score (nSPS) is 45.2. The molecular formula is C36H56N2O12S2. The molecule has 2 spiro atoms. The first-order valence-electron chi connectivity index (χ1n) is 19.3. The number of sulfonamides is 2. The van der Waals surface area contributed by atoms with Gasteiger partial charge in [-0.3, -0.25) is 9.59 Å². The molecule has 2 amide bonds. The Morgan fingerprint density at radius 2 is 0.962 bits per heavy atom. The van der Waals surface area contributed by atoms with Crippen molar-refractivity contribution in [2.75, 3.05) is 11.5 Å². The number of ether oxygens (including phenoxy) is 2. The quantitative estimate of drug-likeness (QED) is 0.259. The zero-order valence-electron chi connectivity index (χ0n) is 30.6. The Kier molecular flexibility index (Phi) is 8.69. The lowest BCUT2D eigenvalue weighted by molar-refractivity contribution is -0.150. The van der Waals surface area contributed by atoms with Crippen molar-refractivity contribution < 1.29 is 56.3 Å². The van der Waals surface area contributed by atoms with Gasteiger partial charge in [-0.15, -0.1) is 0 Å². The minimum absolute atomic E-state index is 0.0944. The third kappa shape index (κ3) is 5.05. The zero-order valence-corrected chi connectivity index (χ0v) is 32.2. The highest BCUT2D eigenvalue weighted by molar-refractivity contribution is 7.90. The van der Waals surface area contributed by atoms with E-state index in [1.807, 2.05) is 0 Å². The topological polar surface area (TPSA) is 208 Å². The average Bonchev–Trinajstić information content (AvgIpc) is 3.93. The van der Waals surface area contributed by atoms with Crippen LogP contribution in [0.4, 0.5) is 0 Å². The molecule has 16 heteroatoms. The Balaban J connectivity index is 0.826. The van der Waals surface area contributed by atoms with Crippen LogP contribution in [0.2, 0.25) is 0 Å². The molecule has 4 saturated carbocycles. The summed E-state index contributed by atoms with van der Waals surface area (Å²) in [4.78, 5) is 27.2. The van der Waals surface area contributed by atoms with E-state index in [-0.39, 0.29) is 48.0 Å². The van der Waals surface area contributed by atoms with Gasteiger partial charge in [0.05, 0.1) is 60.2 Å². The van der Waals surface area contributed by atoms with Gasteiger partial charge in [0, 0.05) is 10.8 Å². The summed E-state index contributed by atoms with van der Waals surface area (Å²) in [5, 5.41) is 44.1. The van der Waals surface area contributed by atoms with Crippen molar-refractivity contribution in [3.8, 4) is 0 Å². The fraction of sp³-hybridized carbons (Fsp3) is 0.944. The predicted octanol–water partition coefficient (Wildman–Crippen LogP) is 1.04. The van der Waals surface area contributed by atoms with E-state index in [0.717, 1.165) is 34.3 Å². The average molecular weight is 773 g/mol. The van der Waals surface area contributed by atoms with E-state index in [4.69, 9.17) is 9.47 Å². The van der Waals surface area contributed by atoms with Crippen LogP contribution in [-0.4, -0.2) is 130 Å². The summed E-state index contributed by atoms with van der Waals surface area (Å²) >= 11 is 0. The Labute approximate surface area is 306 Å².